The molecule has 29 heavy (non-hydrogen) atoms. The smallest absolute Gasteiger partial charge is 0.390 e. The van der Waals surface area contributed by atoms with Gasteiger partial charge in [0.1, 0.15) is 28.6 Å². The second-order valence-electron chi connectivity index (χ2n) is 6.83. The fourth-order valence-electron chi connectivity index (χ4n) is 3.39. The van der Waals surface area contributed by atoms with E-state index < -0.39 is 30.0 Å². The minimum Gasteiger partial charge on any atom is -0.390 e. The van der Waals surface area contributed by atoms with Crippen molar-refractivity contribution in [2.24, 2.45) is 0 Å². The molecule has 152 valence electrons. The molecule has 1 saturated heterocycles. The van der Waals surface area contributed by atoms with Gasteiger partial charge in [0.15, 0.2) is 5.65 Å². The molecule has 0 amide bonds. The number of nitrogens with zero attached hydrogens (tertiary/aromatic N) is 3. The molecule has 2 aliphatic rings. The van der Waals surface area contributed by atoms with Gasteiger partial charge in [0.25, 0.3) is 5.56 Å². The van der Waals surface area contributed by atoms with Gasteiger partial charge < -0.3 is 14.8 Å². The van der Waals surface area contributed by atoms with E-state index >= 15 is 0 Å². The Morgan fingerprint density at radius 3 is 2.79 bits per heavy atom. The Hall–Kier alpha value is -2.90. The van der Waals surface area contributed by atoms with Crippen molar-refractivity contribution in [1.82, 2.24) is 19.7 Å². The molecular formula is C19H17F3N4O3. The van der Waals surface area contributed by atoms with Gasteiger partial charge >= 0.3 is 6.18 Å². The van der Waals surface area contributed by atoms with E-state index in [4.69, 9.17) is 4.74 Å². The summed E-state index contributed by atoms with van der Waals surface area (Å²) in [5.74, 6) is 0.362. The highest BCUT2D eigenvalue weighted by molar-refractivity contribution is 5.77. The number of aliphatic hydroxyl groups excluding tert-OH is 1. The number of nitrogens with one attached hydrogen (secondary N) is 1. The number of hydrogen-bond acceptors (Lipinski definition) is 5. The summed E-state index contributed by atoms with van der Waals surface area (Å²) in [6.07, 6.45) is -1.09. The van der Waals surface area contributed by atoms with E-state index in [0.29, 0.717) is 24.4 Å². The van der Waals surface area contributed by atoms with Crippen LogP contribution < -0.4 is 5.56 Å². The van der Waals surface area contributed by atoms with Crippen LogP contribution in [0, 0.1) is 0 Å². The molecule has 2 atom stereocenters. The second kappa shape index (κ2) is 7.17. The van der Waals surface area contributed by atoms with E-state index in [0.717, 1.165) is 12.5 Å². The first-order valence-corrected chi connectivity index (χ1v) is 9.04. The zero-order chi connectivity index (χ0) is 20.8. The Bertz CT molecular complexity index is 1160. The SMILES string of the molecule is CC(C1=C=C=C(C(F)(F)F)C=C1)n1nc(CO)c2c(=O)[nH]c(C3CCCO3)nc21. The highest BCUT2D eigenvalue weighted by Gasteiger charge is 2.33. The summed E-state index contributed by atoms with van der Waals surface area (Å²) >= 11 is 0. The van der Waals surface area contributed by atoms with Crippen molar-refractivity contribution < 1.29 is 23.0 Å². The average molecular weight is 406 g/mol. The normalized spacial score (nSPS) is 20.2. The number of alkyl halides is 3. The Labute approximate surface area is 162 Å². The third-order valence-electron chi connectivity index (χ3n) is 4.93. The van der Waals surface area contributed by atoms with Gasteiger partial charge in [-0.15, -0.1) is 0 Å². The number of aromatic nitrogens is 4. The minimum absolute atomic E-state index is 0.135. The topological polar surface area (TPSA) is 93.0 Å². The number of hydrogen-bond donors (Lipinski definition) is 2. The van der Waals surface area contributed by atoms with Crippen molar-refractivity contribution in [3.05, 3.63) is 56.6 Å². The van der Waals surface area contributed by atoms with E-state index in [9.17, 15) is 23.1 Å². The largest absolute Gasteiger partial charge is 0.424 e. The summed E-state index contributed by atoms with van der Waals surface area (Å²) in [7, 11) is 0. The summed E-state index contributed by atoms with van der Waals surface area (Å²) in [6, 6.07) is -0.594. The van der Waals surface area contributed by atoms with Crippen LogP contribution >= 0.6 is 0 Å². The number of rotatable bonds is 4. The highest BCUT2D eigenvalue weighted by Crippen LogP contribution is 2.31. The molecule has 10 heteroatoms. The number of H-pyrrole nitrogens is 1. The van der Waals surface area contributed by atoms with Crippen molar-refractivity contribution in [3.8, 4) is 0 Å². The number of aliphatic hydroxyl groups is 1. The van der Waals surface area contributed by atoms with Gasteiger partial charge in [-0.2, -0.15) is 18.3 Å². The summed E-state index contributed by atoms with van der Waals surface area (Å²) < 4.78 is 45.3. The number of fused-ring (bicyclic) bond motifs is 1. The van der Waals surface area contributed by atoms with Crippen LogP contribution in [0.4, 0.5) is 13.2 Å². The highest BCUT2D eigenvalue weighted by atomic mass is 19.4. The lowest BCUT2D eigenvalue weighted by Gasteiger charge is -2.15. The minimum atomic E-state index is -4.51. The summed E-state index contributed by atoms with van der Waals surface area (Å²) in [5.41, 5.74) is 3.99. The van der Waals surface area contributed by atoms with Crippen LogP contribution in [-0.2, 0) is 11.3 Å². The average Bonchev–Trinajstić information content (AvgIpc) is 3.35. The molecule has 7 nitrogen and oxygen atoms in total. The van der Waals surface area contributed by atoms with Crippen LogP contribution in [-0.4, -0.2) is 37.6 Å². The standard InChI is InChI=1S/C19H17F3N4O3/c1-10(11-4-6-12(7-5-11)19(20,21)22)26-17-15(13(9-27)25-26)18(28)24-16(23-17)14-3-2-8-29-14/h4,6,10,14,27H,2-3,8-9H2,1H3,(H,23,24,28). The van der Waals surface area contributed by atoms with Crippen molar-refractivity contribution in [2.45, 2.75) is 44.7 Å². The van der Waals surface area contributed by atoms with Crippen LogP contribution in [0.1, 0.15) is 43.4 Å². The van der Waals surface area contributed by atoms with Gasteiger partial charge in [0, 0.05) is 12.2 Å². The van der Waals surface area contributed by atoms with Crippen molar-refractivity contribution in [3.63, 3.8) is 0 Å². The van der Waals surface area contributed by atoms with Crippen LogP contribution in [0.3, 0.4) is 0 Å². The molecule has 2 unspecified atom stereocenters. The Morgan fingerprint density at radius 2 is 2.21 bits per heavy atom. The Balaban J connectivity index is 1.85. The molecule has 0 spiro atoms. The molecule has 2 N–H and O–H groups in total. The molecule has 3 heterocycles. The van der Waals surface area contributed by atoms with Gasteiger partial charge in [-0.3, -0.25) is 4.79 Å². The van der Waals surface area contributed by atoms with E-state index in [2.05, 4.69) is 26.5 Å². The summed E-state index contributed by atoms with van der Waals surface area (Å²) in [4.78, 5) is 19.8. The maximum absolute atomic E-state index is 12.8. The Morgan fingerprint density at radius 1 is 1.41 bits per heavy atom. The van der Waals surface area contributed by atoms with Crippen LogP contribution in [0.5, 0.6) is 0 Å². The van der Waals surface area contributed by atoms with Crippen LogP contribution in [0.15, 0.2) is 39.6 Å². The van der Waals surface area contributed by atoms with Gasteiger partial charge in [-0.25, -0.2) is 9.67 Å². The monoisotopic (exact) mass is 406 g/mol. The zero-order valence-corrected chi connectivity index (χ0v) is 15.4. The first-order chi connectivity index (χ1) is 13.8. The lowest BCUT2D eigenvalue weighted by atomic mass is 10.0. The first-order valence-electron chi connectivity index (χ1n) is 9.04. The second-order valence-corrected chi connectivity index (χ2v) is 6.83. The van der Waals surface area contributed by atoms with Crippen LogP contribution in [0.2, 0.25) is 0 Å². The molecule has 4 rings (SSSR count). The van der Waals surface area contributed by atoms with E-state index in [1.807, 2.05) is 0 Å². The molecule has 1 aliphatic carbocycles. The third-order valence-corrected chi connectivity index (χ3v) is 4.93. The van der Waals surface area contributed by atoms with Gasteiger partial charge in [0.2, 0.25) is 0 Å². The molecule has 0 saturated carbocycles. The molecule has 0 radical (unpaired) electrons. The van der Waals surface area contributed by atoms with Crippen molar-refractivity contribution in [1.29, 1.82) is 0 Å². The molecule has 0 bridgehead atoms. The van der Waals surface area contributed by atoms with E-state index in [1.165, 1.54) is 10.8 Å². The number of ether oxygens (including phenoxy) is 1. The lowest BCUT2D eigenvalue weighted by Crippen LogP contribution is -2.17. The van der Waals surface area contributed by atoms with E-state index in [-0.39, 0.29) is 22.8 Å². The summed E-state index contributed by atoms with van der Waals surface area (Å²) in [5, 5.41) is 14.0. The van der Waals surface area contributed by atoms with Crippen LogP contribution in [0.25, 0.3) is 11.0 Å². The lowest BCUT2D eigenvalue weighted by molar-refractivity contribution is -0.0880. The maximum atomic E-state index is 12.8. The third kappa shape index (κ3) is 3.47. The van der Waals surface area contributed by atoms with Crippen molar-refractivity contribution >= 4 is 11.0 Å². The first kappa shape index (κ1) is 19.4. The quantitative estimate of drug-likeness (QED) is 0.762. The molecular weight excluding hydrogens is 389 g/mol. The number of halogens is 3. The van der Waals surface area contributed by atoms with Gasteiger partial charge in [-0.1, -0.05) is 11.5 Å². The predicted octanol–water partition coefficient (Wildman–Crippen LogP) is 2.76. The van der Waals surface area contributed by atoms with Gasteiger partial charge in [0.05, 0.1) is 12.6 Å². The molecule has 2 aromatic heterocycles. The molecule has 2 aromatic rings. The Kier molecular flexibility index (Phi) is 4.80. The zero-order valence-electron chi connectivity index (χ0n) is 15.4. The summed E-state index contributed by atoms with van der Waals surface area (Å²) in [6.45, 7) is 1.78. The number of allylic oxidation sites excluding steroid dienone is 4. The van der Waals surface area contributed by atoms with Gasteiger partial charge in [-0.05, 0) is 31.9 Å². The van der Waals surface area contributed by atoms with E-state index in [1.54, 1.807) is 6.92 Å². The van der Waals surface area contributed by atoms with Crippen molar-refractivity contribution in [2.75, 3.05) is 6.61 Å². The molecule has 1 fully saturated rings. The maximum Gasteiger partial charge on any atom is 0.424 e. The number of aromatic amines is 1. The molecule has 0 aromatic carbocycles. The fraction of sp³-hybridized carbons (Fsp3) is 0.421. The predicted molar refractivity (Wildman–Crippen MR) is 96.0 cm³/mol. The molecule has 1 aliphatic heterocycles. The fourth-order valence-corrected chi connectivity index (χ4v) is 3.39.